The molecule has 0 aliphatic heterocycles. The third-order valence-electron chi connectivity index (χ3n) is 3.82. The summed E-state index contributed by atoms with van der Waals surface area (Å²) in [6.45, 7) is 3.10. The van der Waals surface area contributed by atoms with Crippen molar-refractivity contribution in [2.45, 2.75) is 49.9 Å². The number of hydrogen-bond acceptors (Lipinski definition) is 4. The van der Waals surface area contributed by atoms with Crippen LogP contribution in [0.3, 0.4) is 0 Å². The van der Waals surface area contributed by atoms with E-state index in [0.717, 1.165) is 32.2 Å². The van der Waals surface area contributed by atoms with Crippen LogP contribution in [0.2, 0.25) is 0 Å². The smallest absolute Gasteiger partial charge is 0.150 e. The van der Waals surface area contributed by atoms with Crippen molar-refractivity contribution < 1.29 is 8.42 Å². The Kier molecular flexibility index (Phi) is 5.41. The first-order valence-electron chi connectivity index (χ1n) is 6.39. The third-order valence-corrected chi connectivity index (χ3v) is 5.45. The zero-order chi connectivity index (χ0) is 13.1. The highest BCUT2D eigenvalue weighted by Crippen LogP contribution is 2.23. The molecular formula is C12H26N2O2S. The second kappa shape index (κ2) is 6.16. The standard InChI is InChI=1S/C12H26N2O2S/c1-10(14(2)3)9-13-11-6-5-7-12(8-11)17(4,15)16/h10-13H,5-9H2,1-4H3. The van der Waals surface area contributed by atoms with E-state index >= 15 is 0 Å². The largest absolute Gasteiger partial charge is 0.312 e. The molecule has 1 fully saturated rings. The lowest BCUT2D eigenvalue weighted by Gasteiger charge is -2.30. The van der Waals surface area contributed by atoms with Crippen LogP contribution >= 0.6 is 0 Å². The van der Waals surface area contributed by atoms with Crippen molar-refractivity contribution in [2.75, 3.05) is 26.9 Å². The topological polar surface area (TPSA) is 49.4 Å². The summed E-state index contributed by atoms with van der Waals surface area (Å²) in [5.74, 6) is 0. The normalized spacial score (nSPS) is 28.3. The Morgan fingerprint density at radius 1 is 1.35 bits per heavy atom. The highest BCUT2D eigenvalue weighted by molar-refractivity contribution is 7.91. The monoisotopic (exact) mass is 262 g/mol. The summed E-state index contributed by atoms with van der Waals surface area (Å²) >= 11 is 0. The Hall–Kier alpha value is -0.130. The highest BCUT2D eigenvalue weighted by atomic mass is 32.2. The molecule has 0 heterocycles. The minimum atomic E-state index is -2.86. The predicted octanol–water partition coefficient (Wildman–Crippen LogP) is 0.882. The minimum Gasteiger partial charge on any atom is -0.312 e. The first-order valence-corrected chi connectivity index (χ1v) is 8.35. The second-order valence-corrected chi connectivity index (χ2v) is 7.86. The molecule has 0 amide bonds. The minimum absolute atomic E-state index is 0.136. The molecule has 3 atom stereocenters. The molecule has 0 aromatic rings. The van der Waals surface area contributed by atoms with Crippen molar-refractivity contribution in [2.24, 2.45) is 0 Å². The molecule has 0 radical (unpaired) electrons. The molecule has 0 bridgehead atoms. The summed E-state index contributed by atoms with van der Waals surface area (Å²) < 4.78 is 23.1. The Labute approximate surface area is 106 Å². The van der Waals surface area contributed by atoms with E-state index in [1.54, 1.807) is 0 Å². The molecule has 1 aliphatic carbocycles. The van der Waals surface area contributed by atoms with E-state index in [1.807, 2.05) is 0 Å². The molecule has 1 aliphatic rings. The molecule has 0 aromatic heterocycles. The molecule has 4 nitrogen and oxygen atoms in total. The molecule has 1 N–H and O–H groups in total. The van der Waals surface area contributed by atoms with E-state index in [9.17, 15) is 8.42 Å². The molecule has 1 rings (SSSR count). The second-order valence-electron chi connectivity index (χ2n) is 5.54. The van der Waals surface area contributed by atoms with Crippen molar-refractivity contribution in [3.8, 4) is 0 Å². The van der Waals surface area contributed by atoms with Crippen LogP contribution in [0.25, 0.3) is 0 Å². The SMILES string of the molecule is CC(CNC1CCCC(S(C)(=O)=O)C1)N(C)C. The van der Waals surface area contributed by atoms with Gasteiger partial charge in [0.1, 0.15) is 9.84 Å². The van der Waals surface area contributed by atoms with Crippen LogP contribution in [0, 0.1) is 0 Å². The molecule has 0 aromatic carbocycles. The fraction of sp³-hybridized carbons (Fsp3) is 1.00. The van der Waals surface area contributed by atoms with E-state index in [2.05, 4.69) is 31.2 Å². The average molecular weight is 262 g/mol. The molecule has 5 heteroatoms. The van der Waals surface area contributed by atoms with Gasteiger partial charge < -0.3 is 10.2 Å². The van der Waals surface area contributed by atoms with Gasteiger partial charge in [0.2, 0.25) is 0 Å². The molecular weight excluding hydrogens is 236 g/mol. The fourth-order valence-corrected chi connectivity index (χ4v) is 3.42. The van der Waals surface area contributed by atoms with Crippen molar-refractivity contribution in [3.05, 3.63) is 0 Å². The zero-order valence-electron chi connectivity index (χ0n) is 11.4. The Morgan fingerprint density at radius 2 is 2.00 bits per heavy atom. The van der Waals surface area contributed by atoms with Crippen LogP contribution < -0.4 is 5.32 Å². The summed E-state index contributed by atoms with van der Waals surface area (Å²) in [6, 6.07) is 0.847. The van der Waals surface area contributed by atoms with E-state index in [0.29, 0.717) is 12.1 Å². The number of nitrogens with zero attached hydrogens (tertiary/aromatic N) is 1. The van der Waals surface area contributed by atoms with Crippen LogP contribution in [0.4, 0.5) is 0 Å². The number of rotatable bonds is 5. The predicted molar refractivity (Wildman–Crippen MR) is 72.0 cm³/mol. The highest BCUT2D eigenvalue weighted by Gasteiger charge is 2.28. The lowest BCUT2D eigenvalue weighted by Crippen LogP contribution is -2.44. The summed E-state index contributed by atoms with van der Waals surface area (Å²) in [6.07, 6.45) is 5.10. The summed E-state index contributed by atoms with van der Waals surface area (Å²) in [5.41, 5.74) is 0. The first kappa shape index (κ1) is 14.9. The fourth-order valence-electron chi connectivity index (χ4n) is 2.24. The van der Waals surface area contributed by atoms with Crippen LogP contribution in [0.5, 0.6) is 0 Å². The van der Waals surface area contributed by atoms with E-state index in [-0.39, 0.29) is 5.25 Å². The zero-order valence-corrected chi connectivity index (χ0v) is 12.3. The van der Waals surface area contributed by atoms with Crippen molar-refractivity contribution in [1.82, 2.24) is 10.2 Å². The van der Waals surface area contributed by atoms with Gasteiger partial charge >= 0.3 is 0 Å². The quantitative estimate of drug-likeness (QED) is 0.799. The number of likely N-dealkylation sites (N-methyl/N-ethyl adjacent to an activating group) is 1. The van der Waals surface area contributed by atoms with Crippen LogP contribution in [0.15, 0.2) is 0 Å². The van der Waals surface area contributed by atoms with E-state index < -0.39 is 9.84 Å². The van der Waals surface area contributed by atoms with Gasteiger partial charge in [0, 0.05) is 24.9 Å². The van der Waals surface area contributed by atoms with Gasteiger partial charge in [-0.25, -0.2) is 8.42 Å². The molecule has 17 heavy (non-hydrogen) atoms. The van der Waals surface area contributed by atoms with Gasteiger partial charge in [0.25, 0.3) is 0 Å². The average Bonchev–Trinajstić information content (AvgIpc) is 2.25. The summed E-state index contributed by atoms with van der Waals surface area (Å²) in [4.78, 5) is 2.17. The van der Waals surface area contributed by atoms with Crippen LogP contribution in [0.1, 0.15) is 32.6 Å². The van der Waals surface area contributed by atoms with Crippen molar-refractivity contribution >= 4 is 9.84 Å². The molecule has 0 saturated heterocycles. The lowest BCUT2D eigenvalue weighted by atomic mass is 9.95. The number of sulfone groups is 1. The Bertz CT molecular complexity index is 327. The van der Waals surface area contributed by atoms with Gasteiger partial charge in [-0.05, 0) is 40.3 Å². The van der Waals surface area contributed by atoms with Crippen LogP contribution in [-0.4, -0.2) is 57.5 Å². The molecule has 3 unspecified atom stereocenters. The third kappa shape index (κ3) is 4.94. The Balaban J connectivity index is 2.40. The Morgan fingerprint density at radius 3 is 2.53 bits per heavy atom. The van der Waals surface area contributed by atoms with Gasteiger partial charge in [-0.1, -0.05) is 6.42 Å². The number of hydrogen-bond donors (Lipinski definition) is 1. The van der Waals surface area contributed by atoms with Gasteiger partial charge in [-0.3, -0.25) is 0 Å². The molecule has 102 valence electrons. The van der Waals surface area contributed by atoms with Gasteiger partial charge in [-0.2, -0.15) is 0 Å². The van der Waals surface area contributed by atoms with Crippen LogP contribution in [-0.2, 0) is 9.84 Å². The molecule has 1 saturated carbocycles. The first-order chi connectivity index (χ1) is 7.80. The lowest BCUT2D eigenvalue weighted by molar-refractivity contribution is 0.277. The van der Waals surface area contributed by atoms with E-state index in [4.69, 9.17) is 0 Å². The summed E-state index contributed by atoms with van der Waals surface area (Å²) in [7, 11) is 1.26. The maximum atomic E-state index is 11.5. The van der Waals surface area contributed by atoms with Gasteiger partial charge in [-0.15, -0.1) is 0 Å². The van der Waals surface area contributed by atoms with Gasteiger partial charge in [0.05, 0.1) is 5.25 Å². The van der Waals surface area contributed by atoms with Crippen molar-refractivity contribution in [3.63, 3.8) is 0 Å². The maximum Gasteiger partial charge on any atom is 0.150 e. The maximum absolute atomic E-state index is 11.5. The van der Waals surface area contributed by atoms with Gasteiger partial charge in [0.15, 0.2) is 0 Å². The summed E-state index contributed by atoms with van der Waals surface area (Å²) in [5, 5.41) is 3.36. The van der Waals surface area contributed by atoms with Crippen molar-refractivity contribution in [1.29, 1.82) is 0 Å². The number of nitrogens with one attached hydrogen (secondary N) is 1. The van der Waals surface area contributed by atoms with E-state index in [1.165, 1.54) is 6.26 Å². The molecule has 0 spiro atoms.